The number of aromatic nitrogens is 2. The number of carbonyl (C=O) groups is 1. The normalized spacial score (nSPS) is 19.1. The van der Waals surface area contributed by atoms with E-state index in [1.165, 1.54) is 13.5 Å². The van der Waals surface area contributed by atoms with Crippen molar-refractivity contribution in [1.82, 2.24) is 9.78 Å². The summed E-state index contributed by atoms with van der Waals surface area (Å²) in [6.07, 6.45) is 8.63. The zero-order valence-corrected chi connectivity index (χ0v) is 16.4. The molecule has 150 valence electrons. The van der Waals surface area contributed by atoms with Gasteiger partial charge >= 0.3 is 6.09 Å². The molecule has 2 aromatic rings. The highest BCUT2D eigenvalue weighted by atomic mass is 16.5. The van der Waals surface area contributed by atoms with Crippen molar-refractivity contribution in [2.75, 3.05) is 18.6 Å². The molecule has 0 radical (unpaired) electrons. The van der Waals surface area contributed by atoms with Crippen LogP contribution in [0.2, 0.25) is 0 Å². The van der Waals surface area contributed by atoms with Crippen LogP contribution in [0.4, 0.5) is 10.5 Å². The molecule has 1 amide bonds. The number of fused-ring (bicyclic) bond motifs is 1. The number of aliphatic hydroxyl groups is 1. The molecule has 1 fully saturated rings. The van der Waals surface area contributed by atoms with Crippen LogP contribution < -0.4 is 9.64 Å². The summed E-state index contributed by atoms with van der Waals surface area (Å²) in [5, 5.41) is 13.5. The lowest BCUT2D eigenvalue weighted by molar-refractivity contribution is 0.119. The van der Waals surface area contributed by atoms with Gasteiger partial charge in [-0.2, -0.15) is 5.10 Å². The molecule has 7 nitrogen and oxygen atoms in total. The molecule has 28 heavy (non-hydrogen) atoms. The summed E-state index contributed by atoms with van der Waals surface area (Å²) in [5.41, 5.74) is 3.86. The zero-order chi connectivity index (χ0) is 19.7. The number of anilines is 1. The standard InChI is InChI=1S/C21H27N3O4/c1-14-6-7-18-19(24(14)21(26)27-2)9-8-17(20(18)28-16-4-3-5-16)15-12-22-23(13-15)10-11-25/h8-9,12-14,16,25H,3-7,10-11H2,1-2H3/t14-/m0/s1. The number of carbonyl (C=O) groups excluding carboxylic acids is 1. The number of ether oxygens (including phenoxy) is 2. The van der Waals surface area contributed by atoms with Gasteiger partial charge in [-0.15, -0.1) is 0 Å². The molecule has 7 heteroatoms. The van der Waals surface area contributed by atoms with E-state index in [9.17, 15) is 4.79 Å². The van der Waals surface area contributed by atoms with Crippen molar-refractivity contribution in [2.24, 2.45) is 0 Å². The lowest BCUT2D eigenvalue weighted by Gasteiger charge is -2.37. The minimum absolute atomic E-state index is 0.0444. The monoisotopic (exact) mass is 385 g/mol. The van der Waals surface area contributed by atoms with Crippen LogP contribution >= 0.6 is 0 Å². The van der Waals surface area contributed by atoms with E-state index in [0.29, 0.717) is 6.54 Å². The lowest BCUT2D eigenvalue weighted by atomic mass is 9.91. The summed E-state index contributed by atoms with van der Waals surface area (Å²) in [6, 6.07) is 4.06. The van der Waals surface area contributed by atoms with E-state index in [2.05, 4.69) is 5.10 Å². The first-order valence-corrected chi connectivity index (χ1v) is 9.95. The van der Waals surface area contributed by atoms with Gasteiger partial charge in [0.2, 0.25) is 0 Å². The third-order valence-corrected chi connectivity index (χ3v) is 5.73. The number of hydrogen-bond donors (Lipinski definition) is 1. The van der Waals surface area contributed by atoms with Crippen molar-refractivity contribution in [3.8, 4) is 16.9 Å². The molecular formula is C21H27N3O4. The number of rotatable bonds is 5. The van der Waals surface area contributed by atoms with Crippen molar-refractivity contribution >= 4 is 11.8 Å². The van der Waals surface area contributed by atoms with E-state index < -0.39 is 0 Å². The minimum Gasteiger partial charge on any atom is -0.489 e. The molecular weight excluding hydrogens is 358 g/mol. The topological polar surface area (TPSA) is 76.8 Å². The highest BCUT2D eigenvalue weighted by molar-refractivity contribution is 5.92. The molecule has 1 atom stereocenters. The first kappa shape index (κ1) is 18.8. The minimum atomic E-state index is -0.341. The molecule has 0 bridgehead atoms. The maximum absolute atomic E-state index is 12.4. The molecule has 4 rings (SSSR count). The molecule has 1 N–H and O–H groups in total. The lowest BCUT2D eigenvalue weighted by Crippen LogP contribution is -2.42. The molecule has 0 spiro atoms. The zero-order valence-electron chi connectivity index (χ0n) is 16.4. The number of nitrogens with zero attached hydrogens (tertiary/aromatic N) is 3. The number of hydrogen-bond acceptors (Lipinski definition) is 5. The predicted octanol–water partition coefficient (Wildman–Crippen LogP) is 3.38. The first-order valence-electron chi connectivity index (χ1n) is 9.95. The first-order chi connectivity index (χ1) is 13.6. The Morgan fingerprint density at radius 3 is 2.82 bits per heavy atom. The quantitative estimate of drug-likeness (QED) is 0.854. The Hall–Kier alpha value is -2.54. The molecule has 1 saturated carbocycles. The van der Waals surface area contributed by atoms with E-state index in [1.54, 1.807) is 15.8 Å². The number of benzene rings is 1. The van der Waals surface area contributed by atoms with Crippen LogP contribution in [-0.4, -0.2) is 46.8 Å². The van der Waals surface area contributed by atoms with Gasteiger partial charge in [0.25, 0.3) is 0 Å². The van der Waals surface area contributed by atoms with Gasteiger partial charge in [0.15, 0.2) is 0 Å². The van der Waals surface area contributed by atoms with Gasteiger partial charge in [0, 0.05) is 28.9 Å². The van der Waals surface area contributed by atoms with Crippen LogP contribution in [0.1, 0.15) is 38.2 Å². The van der Waals surface area contributed by atoms with Crippen LogP contribution in [0.25, 0.3) is 11.1 Å². The van der Waals surface area contributed by atoms with Gasteiger partial charge in [-0.05, 0) is 51.2 Å². The summed E-state index contributed by atoms with van der Waals surface area (Å²) in [5.74, 6) is 0.853. The SMILES string of the molecule is COC(=O)N1c2ccc(-c3cnn(CCO)c3)c(OC3CCC3)c2CC[C@@H]1C. The predicted molar refractivity (Wildman–Crippen MR) is 106 cm³/mol. The smallest absolute Gasteiger partial charge is 0.414 e. The molecule has 2 aliphatic rings. The van der Waals surface area contributed by atoms with Crippen molar-refractivity contribution < 1.29 is 19.4 Å². The van der Waals surface area contributed by atoms with E-state index in [-0.39, 0.29) is 24.8 Å². The van der Waals surface area contributed by atoms with Crippen LogP contribution in [0.3, 0.4) is 0 Å². The molecule has 0 unspecified atom stereocenters. The number of aliphatic hydroxyl groups excluding tert-OH is 1. The van der Waals surface area contributed by atoms with Crippen molar-refractivity contribution in [3.05, 3.63) is 30.1 Å². The maximum atomic E-state index is 12.4. The number of amides is 1. The Kier molecular flexibility index (Phi) is 5.26. The molecule has 1 aromatic carbocycles. The second-order valence-electron chi connectivity index (χ2n) is 7.55. The van der Waals surface area contributed by atoms with Crippen LogP contribution in [0.15, 0.2) is 24.5 Å². The summed E-state index contributed by atoms with van der Waals surface area (Å²) < 4.78 is 13.2. The van der Waals surface area contributed by atoms with Crippen molar-refractivity contribution in [2.45, 2.75) is 57.7 Å². The summed E-state index contributed by atoms with van der Waals surface area (Å²) in [7, 11) is 1.42. The molecule has 2 heterocycles. The van der Waals surface area contributed by atoms with E-state index in [1.807, 2.05) is 25.3 Å². The van der Waals surface area contributed by atoms with Crippen LogP contribution in [0, 0.1) is 0 Å². The average Bonchev–Trinajstić information content (AvgIpc) is 3.12. The van der Waals surface area contributed by atoms with E-state index in [4.69, 9.17) is 14.6 Å². The van der Waals surface area contributed by atoms with Gasteiger partial charge < -0.3 is 14.6 Å². The largest absolute Gasteiger partial charge is 0.489 e. The Labute approximate surface area is 164 Å². The van der Waals surface area contributed by atoms with Crippen LogP contribution in [-0.2, 0) is 17.7 Å². The molecule has 1 aliphatic heterocycles. The second-order valence-corrected chi connectivity index (χ2v) is 7.55. The number of methoxy groups -OCH3 is 1. The van der Waals surface area contributed by atoms with Gasteiger partial charge in [0.05, 0.1) is 38.2 Å². The average molecular weight is 385 g/mol. The Morgan fingerprint density at radius 1 is 1.32 bits per heavy atom. The Balaban J connectivity index is 1.79. The van der Waals surface area contributed by atoms with Gasteiger partial charge in [-0.25, -0.2) is 4.79 Å². The third-order valence-electron chi connectivity index (χ3n) is 5.73. The van der Waals surface area contributed by atoms with E-state index >= 15 is 0 Å². The van der Waals surface area contributed by atoms with E-state index in [0.717, 1.165) is 53.8 Å². The highest BCUT2D eigenvalue weighted by Crippen LogP contribution is 2.44. The van der Waals surface area contributed by atoms with Gasteiger partial charge in [0.1, 0.15) is 5.75 Å². The summed E-state index contributed by atoms with van der Waals surface area (Å²) >= 11 is 0. The fourth-order valence-electron chi connectivity index (χ4n) is 3.93. The Morgan fingerprint density at radius 2 is 2.14 bits per heavy atom. The fourth-order valence-corrected chi connectivity index (χ4v) is 3.93. The van der Waals surface area contributed by atoms with Gasteiger partial charge in [-0.1, -0.05) is 0 Å². The van der Waals surface area contributed by atoms with Gasteiger partial charge in [-0.3, -0.25) is 9.58 Å². The van der Waals surface area contributed by atoms with Crippen molar-refractivity contribution in [1.29, 1.82) is 0 Å². The summed E-state index contributed by atoms with van der Waals surface area (Å²) in [4.78, 5) is 14.1. The maximum Gasteiger partial charge on any atom is 0.414 e. The fraction of sp³-hybridized carbons (Fsp3) is 0.524. The Bertz CT molecular complexity index is 859. The highest BCUT2D eigenvalue weighted by Gasteiger charge is 2.33. The molecule has 0 saturated heterocycles. The summed E-state index contributed by atoms with van der Waals surface area (Å²) in [6.45, 7) is 2.54. The molecule has 1 aliphatic carbocycles. The second kappa shape index (κ2) is 7.83. The molecule has 1 aromatic heterocycles. The van der Waals surface area contributed by atoms with Crippen LogP contribution in [0.5, 0.6) is 5.75 Å². The van der Waals surface area contributed by atoms with Crippen molar-refractivity contribution in [3.63, 3.8) is 0 Å². The third kappa shape index (κ3) is 3.35.